The van der Waals surface area contributed by atoms with Crippen LogP contribution in [0.1, 0.15) is 13.8 Å². The van der Waals surface area contributed by atoms with E-state index >= 15 is 0 Å². The quantitative estimate of drug-likeness (QED) is 0.648. The molecule has 0 atom stereocenters. The third kappa shape index (κ3) is 3.66. The highest BCUT2D eigenvalue weighted by atomic mass is 19.1. The Hall–Kier alpha value is -1.69. The van der Waals surface area contributed by atoms with E-state index in [1.165, 1.54) is 12.1 Å². The molecule has 100 valence electrons. The first-order valence-corrected chi connectivity index (χ1v) is 5.58. The molecule has 1 aromatic carbocycles. The van der Waals surface area contributed by atoms with Crippen LogP contribution in [0.4, 0.5) is 15.8 Å². The zero-order valence-electron chi connectivity index (χ0n) is 11.0. The second-order valence-electron chi connectivity index (χ2n) is 5.02. The summed E-state index contributed by atoms with van der Waals surface area (Å²) in [5, 5.41) is 13.6. The minimum Gasteiger partial charge on any atom is -0.383 e. The summed E-state index contributed by atoms with van der Waals surface area (Å²) in [6.07, 6.45) is 0. The molecule has 0 spiro atoms. The maximum Gasteiger partial charge on any atom is 0.274 e. The van der Waals surface area contributed by atoms with Gasteiger partial charge in [0.1, 0.15) is 5.82 Å². The lowest BCUT2D eigenvalue weighted by atomic mass is 10.0. The molecule has 0 amide bonds. The largest absolute Gasteiger partial charge is 0.383 e. The van der Waals surface area contributed by atoms with E-state index < -0.39 is 10.7 Å². The lowest BCUT2D eigenvalue weighted by molar-refractivity contribution is -0.385. The number of likely N-dealkylation sites (N-methyl/N-ethyl adjacent to an activating group) is 1. The third-order valence-electron chi connectivity index (χ3n) is 3.03. The number of hydrogen-bond donors (Lipinski definition) is 1. The van der Waals surface area contributed by atoms with Gasteiger partial charge in [-0.1, -0.05) is 0 Å². The van der Waals surface area contributed by atoms with Crippen molar-refractivity contribution in [3.8, 4) is 0 Å². The van der Waals surface area contributed by atoms with Gasteiger partial charge in [-0.25, -0.2) is 4.39 Å². The zero-order valence-corrected chi connectivity index (χ0v) is 11.0. The van der Waals surface area contributed by atoms with Crippen LogP contribution in [0.15, 0.2) is 18.2 Å². The van der Waals surface area contributed by atoms with Crippen LogP contribution in [0.5, 0.6) is 0 Å². The Morgan fingerprint density at radius 1 is 1.39 bits per heavy atom. The first-order chi connectivity index (χ1) is 8.22. The van der Waals surface area contributed by atoms with E-state index in [1.807, 2.05) is 32.8 Å². The highest BCUT2D eigenvalue weighted by Gasteiger charge is 2.20. The Bertz CT molecular complexity index is 447. The van der Waals surface area contributed by atoms with Gasteiger partial charge in [0, 0.05) is 23.8 Å². The van der Waals surface area contributed by atoms with Crippen molar-refractivity contribution in [2.45, 2.75) is 19.4 Å². The zero-order chi connectivity index (χ0) is 13.9. The number of rotatable bonds is 5. The van der Waals surface area contributed by atoms with Crippen molar-refractivity contribution in [3.63, 3.8) is 0 Å². The number of nitrogens with one attached hydrogen (secondary N) is 1. The summed E-state index contributed by atoms with van der Waals surface area (Å²) in [4.78, 5) is 12.0. The first kappa shape index (κ1) is 14.4. The molecule has 0 saturated heterocycles. The number of halogens is 1. The molecular formula is C12H18FN3O2. The van der Waals surface area contributed by atoms with Gasteiger partial charge in [0.25, 0.3) is 5.69 Å². The van der Waals surface area contributed by atoms with Crippen molar-refractivity contribution in [3.05, 3.63) is 34.1 Å². The minimum absolute atomic E-state index is 0.138. The van der Waals surface area contributed by atoms with Crippen molar-refractivity contribution < 1.29 is 9.31 Å². The van der Waals surface area contributed by atoms with Crippen LogP contribution in [0, 0.1) is 15.9 Å². The van der Waals surface area contributed by atoms with Crippen molar-refractivity contribution in [2.75, 3.05) is 26.0 Å². The third-order valence-corrected chi connectivity index (χ3v) is 3.03. The topological polar surface area (TPSA) is 58.4 Å². The summed E-state index contributed by atoms with van der Waals surface area (Å²) in [6.45, 7) is 4.60. The van der Waals surface area contributed by atoms with Gasteiger partial charge in [-0.15, -0.1) is 0 Å². The Kier molecular flexibility index (Phi) is 4.24. The van der Waals surface area contributed by atoms with Gasteiger partial charge in [0.2, 0.25) is 0 Å². The van der Waals surface area contributed by atoms with Gasteiger partial charge in [0.15, 0.2) is 0 Å². The van der Waals surface area contributed by atoms with Crippen molar-refractivity contribution in [1.82, 2.24) is 4.90 Å². The molecule has 0 radical (unpaired) electrons. The molecule has 0 aromatic heterocycles. The number of nitro groups is 1. The lowest BCUT2D eigenvalue weighted by Crippen LogP contribution is -2.44. The van der Waals surface area contributed by atoms with Crippen LogP contribution in [0.3, 0.4) is 0 Å². The molecule has 0 fully saturated rings. The molecule has 18 heavy (non-hydrogen) atoms. The Labute approximate surface area is 106 Å². The molecule has 0 unspecified atom stereocenters. The number of hydrogen-bond acceptors (Lipinski definition) is 4. The molecule has 0 aliphatic heterocycles. The van der Waals surface area contributed by atoms with E-state index in [0.717, 1.165) is 6.07 Å². The van der Waals surface area contributed by atoms with Crippen LogP contribution in [-0.2, 0) is 0 Å². The predicted octanol–water partition coefficient (Wildman–Crippen LogP) is 2.49. The fraction of sp³-hybridized carbons (Fsp3) is 0.500. The molecule has 0 saturated carbocycles. The molecule has 1 aromatic rings. The monoisotopic (exact) mass is 255 g/mol. The summed E-state index contributed by atoms with van der Waals surface area (Å²) in [6, 6.07) is 3.48. The van der Waals surface area contributed by atoms with E-state index in [9.17, 15) is 14.5 Å². The van der Waals surface area contributed by atoms with Crippen LogP contribution < -0.4 is 5.32 Å². The average Bonchev–Trinajstić information content (AvgIpc) is 2.25. The van der Waals surface area contributed by atoms with Crippen molar-refractivity contribution in [2.24, 2.45) is 0 Å². The van der Waals surface area contributed by atoms with E-state index in [1.54, 1.807) is 0 Å². The van der Waals surface area contributed by atoms with E-state index in [4.69, 9.17) is 0 Å². The number of anilines is 1. The second-order valence-corrected chi connectivity index (χ2v) is 5.02. The second kappa shape index (κ2) is 5.30. The molecule has 0 aliphatic carbocycles. The van der Waals surface area contributed by atoms with Crippen LogP contribution in [0.25, 0.3) is 0 Å². The minimum atomic E-state index is -0.616. The first-order valence-electron chi connectivity index (χ1n) is 5.58. The van der Waals surface area contributed by atoms with Gasteiger partial charge < -0.3 is 10.2 Å². The van der Waals surface area contributed by atoms with Gasteiger partial charge in [-0.05, 0) is 34.0 Å². The number of benzene rings is 1. The fourth-order valence-electron chi connectivity index (χ4n) is 1.26. The van der Waals surface area contributed by atoms with Gasteiger partial charge in [0.05, 0.1) is 11.0 Å². The maximum atomic E-state index is 13.2. The Morgan fingerprint density at radius 3 is 2.50 bits per heavy atom. The SMILES string of the molecule is CN(C)C(C)(C)CNc1cc(F)cc([N+](=O)[O-])c1. The van der Waals surface area contributed by atoms with Gasteiger partial charge >= 0.3 is 0 Å². The molecule has 1 rings (SSSR count). The number of non-ortho nitro benzene ring substituents is 1. The summed E-state index contributed by atoms with van der Waals surface area (Å²) < 4.78 is 13.2. The lowest BCUT2D eigenvalue weighted by Gasteiger charge is -2.33. The highest BCUT2D eigenvalue weighted by Crippen LogP contribution is 2.21. The van der Waals surface area contributed by atoms with Crippen LogP contribution in [0.2, 0.25) is 0 Å². The summed E-state index contributed by atoms with van der Waals surface area (Å²) >= 11 is 0. The maximum absolute atomic E-state index is 13.2. The van der Waals surface area contributed by atoms with E-state index in [0.29, 0.717) is 12.2 Å². The van der Waals surface area contributed by atoms with E-state index in [-0.39, 0.29) is 11.2 Å². The molecular weight excluding hydrogens is 237 g/mol. The number of nitro benzene ring substituents is 1. The number of nitrogens with zero attached hydrogens (tertiary/aromatic N) is 2. The van der Waals surface area contributed by atoms with Crippen molar-refractivity contribution >= 4 is 11.4 Å². The van der Waals surface area contributed by atoms with Crippen LogP contribution in [-0.4, -0.2) is 36.0 Å². The molecule has 0 heterocycles. The predicted molar refractivity (Wildman–Crippen MR) is 69.3 cm³/mol. The van der Waals surface area contributed by atoms with Crippen molar-refractivity contribution in [1.29, 1.82) is 0 Å². The molecule has 6 heteroatoms. The van der Waals surface area contributed by atoms with Gasteiger partial charge in [-0.2, -0.15) is 0 Å². The fourth-order valence-corrected chi connectivity index (χ4v) is 1.26. The molecule has 0 bridgehead atoms. The average molecular weight is 255 g/mol. The standard InChI is InChI=1S/C12H18FN3O2/c1-12(2,15(3)4)8-14-10-5-9(13)6-11(7-10)16(17)18/h5-7,14H,8H2,1-4H3. The molecule has 0 aliphatic rings. The van der Waals surface area contributed by atoms with E-state index in [2.05, 4.69) is 5.32 Å². The molecule has 1 N–H and O–H groups in total. The summed E-state index contributed by atoms with van der Waals surface area (Å²) in [7, 11) is 3.88. The smallest absolute Gasteiger partial charge is 0.274 e. The molecule has 5 nitrogen and oxygen atoms in total. The Balaban J connectivity index is 2.83. The summed E-state index contributed by atoms with van der Waals surface area (Å²) in [5.74, 6) is -0.616. The summed E-state index contributed by atoms with van der Waals surface area (Å²) in [5.41, 5.74) is 0.0259. The Morgan fingerprint density at radius 2 is 2.00 bits per heavy atom. The van der Waals surface area contributed by atoms with Crippen LogP contribution >= 0.6 is 0 Å². The normalized spacial score (nSPS) is 11.7. The highest BCUT2D eigenvalue weighted by molar-refractivity contribution is 5.51. The van der Waals surface area contributed by atoms with Gasteiger partial charge in [-0.3, -0.25) is 10.1 Å².